The number of benzene rings is 1. The Morgan fingerprint density at radius 1 is 1.16 bits per heavy atom. The molecule has 1 saturated heterocycles. The van der Waals surface area contributed by atoms with Crippen molar-refractivity contribution < 1.29 is 72.0 Å². The van der Waals surface area contributed by atoms with Crippen LogP contribution in [0.4, 0.5) is 13.2 Å². The third-order valence-electron chi connectivity index (χ3n) is 10.6. The Morgan fingerprint density at radius 3 is 2.31 bits per heavy atom. The van der Waals surface area contributed by atoms with E-state index in [2.05, 4.69) is 0 Å². The molecule has 0 spiro atoms. The van der Waals surface area contributed by atoms with Crippen molar-refractivity contribution in [1.82, 2.24) is 4.90 Å². The number of carbonyl (C=O) groups excluding carboxylic acids is 2. The van der Waals surface area contributed by atoms with Crippen LogP contribution in [0.2, 0.25) is 0 Å². The molecule has 1 aromatic rings. The van der Waals surface area contributed by atoms with Crippen LogP contribution in [-0.2, 0) is 46.1 Å². The topological polar surface area (TPSA) is 196 Å². The van der Waals surface area contributed by atoms with Gasteiger partial charge in [0.1, 0.15) is 23.9 Å². The number of ether oxygens (including phenoxy) is 4. The number of carboxylic acid groups (broad SMARTS) is 1. The first-order chi connectivity index (χ1) is 27.1. The van der Waals surface area contributed by atoms with Gasteiger partial charge in [-0.05, 0) is 69.4 Å². The molecular formula is C42H62F3NO12. The Labute approximate surface area is 339 Å². The molecule has 2 heterocycles. The third-order valence-corrected chi connectivity index (χ3v) is 10.6. The number of carbonyl (C=O) groups is 3. The van der Waals surface area contributed by atoms with Gasteiger partial charge in [-0.15, -0.1) is 0 Å². The Hall–Kier alpha value is -3.64. The number of allylic oxidation sites excluding steroid dienone is 2. The van der Waals surface area contributed by atoms with Crippen LogP contribution in [0.15, 0.2) is 60.2 Å². The largest absolute Gasteiger partial charge is 0.483 e. The Kier molecular flexibility index (Phi) is 19.7. The SMILES string of the molecule is CC[C@H](OC)[C@@H](C)[C@H]1O[C@@H]1C(N(CCO)Cc1ccc(C(F)(F)F)cc1)C(C)(O)/C=C/C=C(\C)C1OC(=O)C[C@H](O)CC[C@@](C)(O)[C@@H](OC(C)=O)/C=C/[C@@H]1C.O=CO. The molecule has 16 heteroatoms. The molecule has 1 fully saturated rings. The van der Waals surface area contributed by atoms with Crippen molar-refractivity contribution in [2.24, 2.45) is 11.8 Å². The lowest BCUT2D eigenvalue weighted by molar-refractivity contribution is -0.157. The summed E-state index contributed by atoms with van der Waals surface area (Å²) in [6, 6.07) is 3.99. The molecule has 0 aliphatic carbocycles. The van der Waals surface area contributed by atoms with Crippen molar-refractivity contribution in [3.8, 4) is 0 Å². The van der Waals surface area contributed by atoms with E-state index < -0.39 is 71.3 Å². The van der Waals surface area contributed by atoms with E-state index in [1.54, 1.807) is 63.2 Å². The summed E-state index contributed by atoms with van der Waals surface area (Å²) in [5.41, 5.74) is -2.80. The van der Waals surface area contributed by atoms with E-state index >= 15 is 0 Å². The van der Waals surface area contributed by atoms with E-state index in [1.165, 1.54) is 26.0 Å². The Bertz CT molecular complexity index is 1540. The summed E-state index contributed by atoms with van der Waals surface area (Å²) in [6.07, 6.45) is 0.195. The first-order valence-corrected chi connectivity index (χ1v) is 19.4. The van der Waals surface area contributed by atoms with Gasteiger partial charge in [0.15, 0.2) is 0 Å². The minimum Gasteiger partial charge on any atom is -0.483 e. The molecule has 2 aliphatic rings. The summed E-state index contributed by atoms with van der Waals surface area (Å²) in [4.78, 5) is 35.0. The molecule has 3 rings (SSSR count). The maximum absolute atomic E-state index is 13.3. The third kappa shape index (κ3) is 15.2. The van der Waals surface area contributed by atoms with Gasteiger partial charge in [0.25, 0.3) is 6.47 Å². The fraction of sp³-hybridized carbons (Fsp3) is 0.643. The minimum absolute atomic E-state index is 0.0561. The molecule has 0 amide bonds. The molecular weight excluding hydrogens is 767 g/mol. The summed E-state index contributed by atoms with van der Waals surface area (Å²) in [5.74, 6) is -1.78. The van der Waals surface area contributed by atoms with E-state index in [1.807, 2.05) is 13.8 Å². The highest BCUT2D eigenvalue weighted by molar-refractivity contribution is 5.70. The minimum atomic E-state index is -4.50. The van der Waals surface area contributed by atoms with E-state index in [4.69, 9.17) is 28.8 Å². The molecule has 58 heavy (non-hydrogen) atoms. The number of halogens is 3. The van der Waals surface area contributed by atoms with Gasteiger partial charge in [-0.25, -0.2) is 0 Å². The van der Waals surface area contributed by atoms with Crippen LogP contribution in [0.5, 0.6) is 0 Å². The molecule has 2 aliphatic heterocycles. The number of aliphatic hydroxyl groups is 4. The van der Waals surface area contributed by atoms with Crippen LogP contribution < -0.4 is 0 Å². The van der Waals surface area contributed by atoms with Gasteiger partial charge in [0.05, 0.1) is 48.5 Å². The molecule has 1 aromatic carbocycles. The first kappa shape index (κ1) is 50.5. The predicted octanol–water partition coefficient (Wildman–Crippen LogP) is 4.98. The van der Waals surface area contributed by atoms with Crippen molar-refractivity contribution >= 4 is 18.4 Å². The zero-order valence-corrected chi connectivity index (χ0v) is 34.6. The normalized spacial score (nSPS) is 29.0. The van der Waals surface area contributed by atoms with Gasteiger partial charge in [-0.1, -0.05) is 57.2 Å². The van der Waals surface area contributed by atoms with Crippen molar-refractivity contribution in [3.63, 3.8) is 0 Å². The highest BCUT2D eigenvalue weighted by Crippen LogP contribution is 2.41. The quantitative estimate of drug-likeness (QED) is 0.0523. The molecule has 5 N–H and O–H groups in total. The number of cyclic esters (lactones) is 1. The number of methoxy groups -OCH3 is 1. The van der Waals surface area contributed by atoms with Gasteiger partial charge >= 0.3 is 18.1 Å². The lowest BCUT2D eigenvalue weighted by Crippen LogP contribution is -2.54. The fourth-order valence-corrected chi connectivity index (χ4v) is 7.38. The van der Waals surface area contributed by atoms with Crippen molar-refractivity contribution in [1.29, 1.82) is 0 Å². The van der Waals surface area contributed by atoms with Crippen LogP contribution >= 0.6 is 0 Å². The van der Waals surface area contributed by atoms with Gasteiger partial charge in [-0.2, -0.15) is 13.2 Å². The smallest absolute Gasteiger partial charge is 0.416 e. The molecule has 0 aromatic heterocycles. The molecule has 0 bridgehead atoms. The fourth-order valence-electron chi connectivity index (χ4n) is 7.38. The van der Waals surface area contributed by atoms with Crippen molar-refractivity contribution in [2.45, 2.75) is 141 Å². The number of hydrogen-bond acceptors (Lipinski definition) is 12. The van der Waals surface area contributed by atoms with Gasteiger partial charge in [0.2, 0.25) is 0 Å². The number of alkyl halides is 3. The van der Waals surface area contributed by atoms with Crippen LogP contribution in [0.3, 0.4) is 0 Å². The Morgan fingerprint density at radius 2 is 1.78 bits per heavy atom. The number of rotatable bonds is 15. The summed E-state index contributed by atoms with van der Waals surface area (Å²) < 4.78 is 63.0. The number of nitrogens with zero attached hydrogens (tertiary/aromatic N) is 1. The summed E-state index contributed by atoms with van der Waals surface area (Å²) >= 11 is 0. The van der Waals surface area contributed by atoms with Gasteiger partial charge < -0.3 is 44.5 Å². The number of esters is 2. The molecule has 0 saturated carbocycles. The van der Waals surface area contributed by atoms with Crippen LogP contribution in [-0.4, -0.2) is 123 Å². The van der Waals surface area contributed by atoms with E-state index in [0.717, 1.165) is 18.6 Å². The highest BCUT2D eigenvalue weighted by atomic mass is 19.4. The maximum Gasteiger partial charge on any atom is 0.416 e. The molecule has 0 radical (unpaired) electrons. The second-order valence-electron chi connectivity index (χ2n) is 15.5. The summed E-state index contributed by atoms with van der Waals surface area (Å²) in [5, 5.41) is 50.8. The maximum atomic E-state index is 13.3. The standard InChI is InChI=1S/C41H60F3NO10.CH2O2/c1-9-32(52-8)27(4)36-37(55-36)38(45(21-22-46)24-29-13-15-30(16-14-29)41(42,43)44)40(7,51)19-10-11-25(2)35-26(3)12-17-33(53-28(5)47)39(6,50)20-18-31(48)23-34(49)54-35;2-1-3/h10-17,19,26-27,31-33,35-38,46,48,50-51H,9,18,20-24H2,1-8H3;1H,(H,2,3)/b17-12+,19-10+,25-11+;/t26-,27+,31+,32-,33-,35?,36+,37-,38?,39+,40?;/m0./s1. The lowest BCUT2D eigenvalue weighted by atomic mass is 9.85. The zero-order valence-electron chi connectivity index (χ0n) is 34.6. The Balaban J connectivity index is 0.00000374. The van der Waals surface area contributed by atoms with Crippen molar-refractivity contribution in [2.75, 3.05) is 20.3 Å². The zero-order chi connectivity index (χ0) is 44.0. The monoisotopic (exact) mass is 829 g/mol. The number of epoxide rings is 1. The summed E-state index contributed by atoms with van der Waals surface area (Å²) in [6.45, 7) is 11.5. The average molecular weight is 830 g/mol. The summed E-state index contributed by atoms with van der Waals surface area (Å²) in [7, 11) is 1.62. The average Bonchev–Trinajstić information content (AvgIpc) is 3.91. The molecule has 13 nitrogen and oxygen atoms in total. The van der Waals surface area contributed by atoms with E-state index in [9.17, 15) is 43.2 Å². The highest BCUT2D eigenvalue weighted by Gasteiger charge is 2.56. The second kappa shape index (κ2) is 22.7. The predicted molar refractivity (Wildman–Crippen MR) is 208 cm³/mol. The first-order valence-electron chi connectivity index (χ1n) is 19.4. The van der Waals surface area contributed by atoms with E-state index in [-0.39, 0.29) is 63.6 Å². The van der Waals surface area contributed by atoms with Crippen molar-refractivity contribution in [3.05, 3.63) is 71.3 Å². The lowest BCUT2D eigenvalue weighted by Gasteiger charge is -2.39. The molecule has 328 valence electrons. The van der Waals surface area contributed by atoms with Gasteiger partial charge in [0, 0.05) is 39.0 Å². The van der Waals surface area contributed by atoms with Crippen LogP contribution in [0, 0.1) is 11.8 Å². The number of hydrogen-bond donors (Lipinski definition) is 5. The molecule has 3 unspecified atom stereocenters. The second-order valence-corrected chi connectivity index (χ2v) is 15.5. The van der Waals surface area contributed by atoms with E-state index in [0.29, 0.717) is 11.1 Å². The molecule has 11 atom stereocenters. The van der Waals surface area contributed by atoms with Crippen LogP contribution in [0.1, 0.15) is 85.3 Å². The van der Waals surface area contributed by atoms with Crippen LogP contribution in [0.25, 0.3) is 0 Å². The van der Waals surface area contributed by atoms with Gasteiger partial charge in [-0.3, -0.25) is 19.3 Å². The number of aliphatic hydroxyl groups excluding tert-OH is 2.